The summed E-state index contributed by atoms with van der Waals surface area (Å²) in [6.45, 7) is 0. The summed E-state index contributed by atoms with van der Waals surface area (Å²) in [5, 5.41) is 59.3. The molecule has 2 atom stereocenters. The lowest BCUT2D eigenvalue weighted by Gasteiger charge is -2.34. The van der Waals surface area contributed by atoms with Gasteiger partial charge in [-0.3, -0.25) is 0 Å². The van der Waals surface area contributed by atoms with Gasteiger partial charge in [-0.15, -0.1) is 0 Å². The van der Waals surface area contributed by atoms with Gasteiger partial charge in [0.1, 0.15) is 23.4 Å². The Hall–Kier alpha value is -4.47. The van der Waals surface area contributed by atoms with Gasteiger partial charge in [-0.1, -0.05) is 6.07 Å². The van der Waals surface area contributed by atoms with Gasteiger partial charge in [-0.25, -0.2) is 4.79 Å². The molecule has 0 fully saturated rings. The SMILES string of the molecule is COc1cc(C(=O)O[C@H]2Cc3c(O)cc(O)cc3O[C@@H]2c2ccc(O)c(O)c2)cc(O)c1O. The lowest BCUT2D eigenvalue weighted by molar-refractivity contribution is -0.0189. The zero-order valence-corrected chi connectivity index (χ0v) is 17.2. The predicted octanol–water partition coefficient (Wildman–Crippen LogP) is 2.83. The number of carbonyl (C=O) groups is 1. The largest absolute Gasteiger partial charge is 0.508 e. The van der Waals surface area contributed by atoms with E-state index in [1.165, 1.54) is 37.4 Å². The van der Waals surface area contributed by atoms with Gasteiger partial charge >= 0.3 is 5.97 Å². The Kier molecular flexibility index (Phi) is 5.42. The zero-order chi connectivity index (χ0) is 23.9. The van der Waals surface area contributed by atoms with E-state index in [1.807, 2.05) is 0 Å². The summed E-state index contributed by atoms with van der Waals surface area (Å²) in [5.74, 6) is -3.26. The van der Waals surface area contributed by atoms with Gasteiger partial charge in [0.25, 0.3) is 0 Å². The minimum atomic E-state index is -1.02. The molecule has 4 rings (SSSR count). The van der Waals surface area contributed by atoms with Crippen molar-refractivity contribution < 1.29 is 49.6 Å². The number of benzene rings is 3. The van der Waals surface area contributed by atoms with Crippen molar-refractivity contribution in [2.24, 2.45) is 0 Å². The number of carbonyl (C=O) groups excluding carboxylic acids is 1. The molecule has 1 aliphatic rings. The van der Waals surface area contributed by atoms with Gasteiger partial charge in [0.15, 0.2) is 29.1 Å². The highest BCUT2D eigenvalue weighted by molar-refractivity contribution is 5.91. The van der Waals surface area contributed by atoms with E-state index in [1.54, 1.807) is 0 Å². The zero-order valence-electron chi connectivity index (χ0n) is 17.2. The Morgan fingerprint density at radius 3 is 2.36 bits per heavy atom. The fraction of sp³-hybridized carbons (Fsp3) is 0.174. The van der Waals surface area contributed by atoms with Gasteiger partial charge in [-0.2, -0.15) is 0 Å². The molecular formula is C23H20O10. The Morgan fingerprint density at radius 2 is 1.67 bits per heavy atom. The van der Waals surface area contributed by atoms with Crippen LogP contribution in [0.5, 0.6) is 46.0 Å². The van der Waals surface area contributed by atoms with Crippen molar-refractivity contribution in [3.05, 3.63) is 59.2 Å². The van der Waals surface area contributed by atoms with Gasteiger partial charge in [0, 0.05) is 29.7 Å². The molecule has 10 heteroatoms. The van der Waals surface area contributed by atoms with E-state index >= 15 is 0 Å². The molecule has 3 aromatic rings. The number of ether oxygens (including phenoxy) is 3. The van der Waals surface area contributed by atoms with Crippen molar-refractivity contribution in [2.75, 3.05) is 7.11 Å². The molecule has 3 aromatic carbocycles. The average Bonchev–Trinajstić information content (AvgIpc) is 2.77. The Labute approximate surface area is 187 Å². The fourth-order valence-electron chi connectivity index (χ4n) is 3.62. The number of phenolic OH excluding ortho intramolecular Hbond substituents is 6. The Bertz CT molecular complexity index is 1240. The molecule has 0 radical (unpaired) electrons. The molecular weight excluding hydrogens is 436 g/mol. The predicted molar refractivity (Wildman–Crippen MR) is 112 cm³/mol. The van der Waals surface area contributed by atoms with E-state index in [2.05, 4.69) is 0 Å². The number of methoxy groups -OCH3 is 1. The molecule has 1 aliphatic heterocycles. The van der Waals surface area contributed by atoms with Crippen molar-refractivity contribution in [1.29, 1.82) is 0 Å². The smallest absolute Gasteiger partial charge is 0.338 e. The lowest BCUT2D eigenvalue weighted by Crippen LogP contribution is -2.34. The summed E-state index contributed by atoms with van der Waals surface area (Å²) >= 11 is 0. The van der Waals surface area contributed by atoms with Crippen LogP contribution < -0.4 is 9.47 Å². The third-order valence-corrected chi connectivity index (χ3v) is 5.26. The van der Waals surface area contributed by atoms with Crippen molar-refractivity contribution in [3.8, 4) is 46.0 Å². The van der Waals surface area contributed by atoms with Crippen LogP contribution in [0.4, 0.5) is 0 Å². The van der Waals surface area contributed by atoms with Crippen molar-refractivity contribution >= 4 is 5.97 Å². The van der Waals surface area contributed by atoms with E-state index < -0.39 is 35.4 Å². The molecule has 0 saturated heterocycles. The second-order valence-corrected chi connectivity index (χ2v) is 7.42. The first-order chi connectivity index (χ1) is 15.7. The summed E-state index contributed by atoms with van der Waals surface area (Å²) in [6, 6.07) is 8.55. The second-order valence-electron chi connectivity index (χ2n) is 7.42. The third kappa shape index (κ3) is 4.05. The molecule has 0 bridgehead atoms. The summed E-state index contributed by atoms with van der Waals surface area (Å²) < 4.78 is 16.5. The molecule has 0 unspecified atom stereocenters. The van der Waals surface area contributed by atoms with E-state index in [-0.39, 0.29) is 46.3 Å². The summed E-state index contributed by atoms with van der Waals surface area (Å²) in [4.78, 5) is 12.9. The van der Waals surface area contributed by atoms with Gasteiger partial charge in [0.2, 0.25) is 5.75 Å². The quantitative estimate of drug-likeness (QED) is 0.254. The van der Waals surface area contributed by atoms with Gasteiger partial charge in [0.05, 0.1) is 12.7 Å². The van der Waals surface area contributed by atoms with Crippen LogP contribution in [0.15, 0.2) is 42.5 Å². The highest BCUT2D eigenvalue weighted by Gasteiger charge is 2.37. The number of hydrogen-bond donors (Lipinski definition) is 6. The topological polar surface area (TPSA) is 166 Å². The number of hydrogen-bond acceptors (Lipinski definition) is 10. The van der Waals surface area contributed by atoms with Crippen molar-refractivity contribution in [3.63, 3.8) is 0 Å². The van der Waals surface area contributed by atoms with Gasteiger partial charge in [-0.05, 0) is 24.3 Å². The van der Waals surface area contributed by atoms with Crippen LogP contribution in [0.25, 0.3) is 0 Å². The molecule has 0 spiro atoms. The highest BCUT2D eigenvalue weighted by Crippen LogP contribution is 2.44. The first kappa shape index (κ1) is 21.8. The van der Waals surface area contributed by atoms with Crippen LogP contribution in [0, 0.1) is 0 Å². The van der Waals surface area contributed by atoms with Crippen LogP contribution in [0.1, 0.15) is 27.6 Å². The third-order valence-electron chi connectivity index (χ3n) is 5.26. The molecule has 33 heavy (non-hydrogen) atoms. The normalized spacial score (nSPS) is 17.0. The van der Waals surface area contributed by atoms with E-state index in [4.69, 9.17) is 14.2 Å². The molecule has 10 nitrogen and oxygen atoms in total. The number of esters is 1. The van der Waals surface area contributed by atoms with E-state index in [0.29, 0.717) is 5.56 Å². The molecule has 0 amide bonds. The molecule has 0 aromatic heterocycles. The minimum absolute atomic E-state index is 0.0132. The standard InChI is InChI=1S/C23H20O10/c1-31-19-6-11(5-17(28)21(19)29)23(30)33-20-9-13-15(26)7-12(24)8-18(13)32-22(20)10-2-3-14(25)16(27)4-10/h2-8,20,22,24-29H,9H2,1H3/t20-,22+/m0/s1. The van der Waals surface area contributed by atoms with Crippen LogP contribution in [-0.2, 0) is 11.2 Å². The van der Waals surface area contributed by atoms with E-state index in [0.717, 1.165) is 12.1 Å². The first-order valence-electron chi connectivity index (χ1n) is 9.72. The Morgan fingerprint density at radius 1 is 0.909 bits per heavy atom. The number of rotatable bonds is 4. The van der Waals surface area contributed by atoms with Crippen LogP contribution >= 0.6 is 0 Å². The highest BCUT2D eigenvalue weighted by atomic mass is 16.6. The molecule has 172 valence electrons. The maximum Gasteiger partial charge on any atom is 0.338 e. The molecule has 1 heterocycles. The van der Waals surface area contributed by atoms with Gasteiger partial charge < -0.3 is 44.8 Å². The lowest BCUT2D eigenvalue weighted by atomic mass is 9.93. The fourth-order valence-corrected chi connectivity index (χ4v) is 3.62. The van der Waals surface area contributed by atoms with Crippen molar-refractivity contribution in [2.45, 2.75) is 18.6 Å². The summed E-state index contributed by atoms with van der Waals surface area (Å²) in [7, 11) is 1.25. The molecule has 6 N–H and O–H groups in total. The van der Waals surface area contributed by atoms with E-state index in [9.17, 15) is 35.4 Å². The maximum absolute atomic E-state index is 12.9. The van der Waals surface area contributed by atoms with Crippen molar-refractivity contribution in [1.82, 2.24) is 0 Å². The van der Waals surface area contributed by atoms with Crippen LogP contribution in [0.3, 0.4) is 0 Å². The average molecular weight is 456 g/mol. The monoisotopic (exact) mass is 456 g/mol. The maximum atomic E-state index is 12.9. The molecule has 0 aliphatic carbocycles. The first-order valence-corrected chi connectivity index (χ1v) is 9.72. The molecule has 0 saturated carbocycles. The number of fused-ring (bicyclic) bond motifs is 1. The minimum Gasteiger partial charge on any atom is -0.508 e. The summed E-state index contributed by atoms with van der Waals surface area (Å²) in [5.41, 5.74) is 0.522. The summed E-state index contributed by atoms with van der Waals surface area (Å²) in [6.07, 6.45) is -2.02. The van der Waals surface area contributed by atoms with Crippen LogP contribution in [0.2, 0.25) is 0 Å². The Balaban J connectivity index is 1.72. The second kappa shape index (κ2) is 8.23. The number of aromatic hydroxyl groups is 6. The number of phenols is 6. The van der Waals surface area contributed by atoms with Crippen LogP contribution in [-0.4, -0.2) is 49.8 Å².